The molecule has 1 spiro atoms. The summed E-state index contributed by atoms with van der Waals surface area (Å²) in [7, 11) is 0. The van der Waals surface area contributed by atoms with Gasteiger partial charge in [-0.15, -0.1) is 0 Å². The Morgan fingerprint density at radius 1 is 1.04 bits per heavy atom. The van der Waals surface area contributed by atoms with Crippen LogP contribution in [0, 0.1) is 17.3 Å². The molecule has 0 fully saturated rings. The summed E-state index contributed by atoms with van der Waals surface area (Å²) in [6.45, 7) is 4.41. The number of rotatable bonds is 2. The normalized spacial score (nSPS) is 35.1. The molecule has 2 aromatic carbocycles. The van der Waals surface area contributed by atoms with Gasteiger partial charge in [0.15, 0.2) is 5.78 Å². The summed E-state index contributed by atoms with van der Waals surface area (Å²) >= 11 is 0. The average Bonchev–Trinajstić information content (AvgIpc) is 2.92. The molecule has 5 aliphatic carbocycles. The molecule has 27 heavy (non-hydrogen) atoms. The van der Waals surface area contributed by atoms with Gasteiger partial charge in [-0.25, -0.2) is 0 Å². The first-order valence-electron chi connectivity index (χ1n) is 10.4. The third-order valence-electron chi connectivity index (χ3n) is 8.01. The lowest BCUT2D eigenvalue weighted by Gasteiger charge is -2.53. The Kier molecular flexibility index (Phi) is 2.83. The first-order chi connectivity index (χ1) is 13.2. The molecule has 1 nitrogen and oxygen atoms in total. The summed E-state index contributed by atoms with van der Waals surface area (Å²) in [5, 5.41) is 2.70. The third kappa shape index (κ3) is 1.40. The Bertz CT molecular complexity index is 1110. The maximum atomic E-state index is 14.1. The van der Waals surface area contributed by atoms with Crippen LogP contribution in [0.2, 0.25) is 0 Å². The molecule has 4 atom stereocenters. The van der Waals surface area contributed by atoms with Crippen LogP contribution in [0.4, 0.5) is 0 Å². The van der Waals surface area contributed by atoms with Gasteiger partial charge in [0.25, 0.3) is 0 Å². The van der Waals surface area contributed by atoms with Crippen LogP contribution in [0.25, 0.3) is 16.3 Å². The van der Waals surface area contributed by atoms with E-state index >= 15 is 0 Å². The van der Waals surface area contributed by atoms with E-state index in [-0.39, 0.29) is 22.7 Å². The van der Waals surface area contributed by atoms with Gasteiger partial charge in [-0.1, -0.05) is 74.5 Å². The van der Waals surface area contributed by atoms with Gasteiger partial charge in [-0.05, 0) is 52.7 Å². The van der Waals surface area contributed by atoms with Crippen molar-refractivity contribution in [1.29, 1.82) is 0 Å². The molecule has 0 N–H and O–H groups in total. The fourth-order valence-electron chi connectivity index (χ4n) is 7.22. The minimum atomic E-state index is -0.343. The number of carbonyl (C=O) groups excluding carboxylic acids is 1. The van der Waals surface area contributed by atoms with E-state index < -0.39 is 0 Å². The predicted octanol–water partition coefficient (Wildman–Crippen LogP) is 6.00. The Balaban J connectivity index is 1.87. The molecule has 5 aliphatic rings. The maximum absolute atomic E-state index is 14.1. The Hall–Kier alpha value is -2.41. The van der Waals surface area contributed by atoms with Crippen molar-refractivity contribution in [2.45, 2.75) is 38.5 Å². The van der Waals surface area contributed by atoms with Crippen LogP contribution in [-0.2, 0) is 10.2 Å². The summed E-state index contributed by atoms with van der Waals surface area (Å²) < 4.78 is 0. The Labute approximate surface area is 160 Å². The second-order valence-corrected chi connectivity index (χ2v) is 8.56. The number of ketones is 1. The summed E-state index contributed by atoms with van der Waals surface area (Å²) in [6, 6.07) is 13.4. The lowest BCUT2D eigenvalue weighted by atomic mass is 9.47. The molecule has 0 heterocycles. The zero-order chi connectivity index (χ0) is 18.4. The molecule has 0 aromatic heterocycles. The van der Waals surface area contributed by atoms with Crippen LogP contribution in [0.15, 0.2) is 66.3 Å². The largest absolute Gasteiger partial charge is 0.294 e. The molecule has 1 heteroatoms. The molecule has 2 aromatic rings. The van der Waals surface area contributed by atoms with Gasteiger partial charge in [0, 0.05) is 16.9 Å². The van der Waals surface area contributed by atoms with Crippen LogP contribution in [0.3, 0.4) is 0 Å². The Morgan fingerprint density at radius 3 is 2.63 bits per heavy atom. The maximum Gasteiger partial charge on any atom is 0.167 e. The average molecular weight is 352 g/mol. The van der Waals surface area contributed by atoms with E-state index in [0.29, 0.717) is 5.78 Å². The van der Waals surface area contributed by atoms with Crippen LogP contribution >= 0.6 is 0 Å². The molecular formula is C26H24O. The Morgan fingerprint density at radius 2 is 1.85 bits per heavy atom. The molecule has 7 rings (SSSR count). The number of carbonyl (C=O) groups is 1. The van der Waals surface area contributed by atoms with Crippen LogP contribution in [-0.4, -0.2) is 5.78 Å². The minimum Gasteiger partial charge on any atom is -0.294 e. The predicted molar refractivity (Wildman–Crippen MR) is 110 cm³/mol. The number of hydrogen-bond donors (Lipinski definition) is 0. The molecule has 4 unspecified atom stereocenters. The van der Waals surface area contributed by atoms with Gasteiger partial charge in [0.05, 0.1) is 5.41 Å². The van der Waals surface area contributed by atoms with E-state index in [4.69, 9.17) is 0 Å². The number of fused-ring (bicyclic) bond motifs is 2. The van der Waals surface area contributed by atoms with Crippen molar-refractivity contribution in [3.63, 3.8) is 0 Å². The highest BCUT2D eigenvalue weighted by Gasteiger charge is 2.71. The van der Waals surface area contributed by atoms with Crippen molar-refractivity contribution in [3.8, 4) is 0 Å². The van der Waals surface area contributed by atoms with E-state index in [2.05, 4.69) is 74.5 Å². The molecule has 0 amide bonds. The number of allylic oxidation sites excluding steroid dienone is 6. The molecule has 0 aliphatic heterocycles. The molecular weight excluding hydrogens is 328 g/mol. The van der Waals surface area contributed by atoms with Gasteiger partial charge >= 0.3 is 0 Å². The summed E-state index contributed by atoms with van der Waals surface area (Å²) in [5.74, 6) is 0.975. The van der Waals surface area contributed by atoms with E-state index in [1.54, 1.807) is 0 Å². The van der Waals surface area contributed by atoms with Crippen molar-refractivity contribution >= 4 is 22.1 Å². The minimum absolute atomic E-state index is 0.222. The summed E-state index contributed by atoms with van der Waals surface area (Å²) in [6.07, 6.45) is 12.2. The topological polar surface area (TPSA) is 17.1 Å². The second kappa shape index (κ2) is 4.90. The molecule has 0 saturated carbocycles. The summed E-state index contributed by atoms with van der Waals surface area (Å²) in [5.41, 5.74) is 4.60. The van der Waals surface area contributed by atoms with E-state index in [1.807, 2.05) is 0 Å². The first-order valence-corrected chi connectivity index (χ1v) is 10.4. The van der Waals surface area contributed by atoms with Gasteiger partial charge in [0.2, 0.25) is 0 Å². The zero-order valence-electron chi connectivity index (χ0n) is 16.0. The lowest BCUT2D eigenvalue weighted by molar-refractivity contribution is -0.130. The highest BCUT2D eigenvalue weighted by Crippen LogP contribution is 2.73. The van der Waals surface area contributed by atoms with Crippen molar-refractivity contribution in [2.75, 3.05) is 0 Å². The van der Waals surface area contributed by atoms with Crippen LogP contribution in [0.5, 0.6) is 0 Å². The van der Waals surface area contributed by atoms with Crippen molar-refractivity contribution in [2.24, 2.45) is 17.3 Å². The highest BCUT2D eigenvalue weighted by molar-refractivity contribution is 6.22. The van der Waals surface area contributed by atoms with E-state index in [0.717, 1.165) is 24.8 Å². The molecule has 0 saturated heterocycles. The van der Waals surface area contributed by atoms with Crippen molar-refractivity contribution < 1.29 is 4.79 Å². The van der Waals surface area contributed by atoms with Crippen LogP contribution < -0.4 is 0 Å². The van der Waals surface area contributed by atoms with E-state index in [1.165, 1.54) is 27.5 Å². The zero-order valence-corrected chi connectivity index (χ0v) is 16.0. The monoisotopic (exact) mass is 352 g/mol. The highest BCUT2D eigenvalue weighted by atomic mass is 16.1. The second-order valence-electron chi connectivity index (χ2n) is 8.56. The van der Waals surface area contributed by atoms with Crippen molar-refractivity contribution in [1.82, 2.24) is 0 Å². The number of Topliss-reactive ketones (excluding diaryl/α,β-unsaturated/α-hetero) is 1. The van der Waals surface area contributed by atoms with Crippen molar-refractivity contribution in [3.05, 3.63) is 77.4 Å². The summed E-state index contributed by atoms with van der Waals surface area (Å²) in [4.78, 5) is 14.1. The fraction of sp³-hybridized carbons (Fsp3) is 0.346. The van der Waals surface area contributed by atoms with E-state index in [9.17, 15) is 4.79 Å². The van der Waals surface area contributed by atoms with Gasteiger partial charge in [-0.3, -0.25) is 4.79 Å². The van der Waals surface area contributed by atoms with Gasteiger partial charge in [0.1, 0.15) is 0 Å². The van der Waals surface area contributed by atoms with Crippen LogP contribution in [0.1, 0.15) is 44.2 Å². The smallest absolute Gasteiger partial charge is 0.167 e. The molecule has 134 valence electrons. The lowest BCUT2D eigenvalue weighted by Crippen LogP contribution is -2.54. The number of benzene rings is 2. The van der Waals surface area contributed by atoms with Gasteiger partial charge < -0.3 is 0 Å². The fourth-order valence-corrected chi connectivity index (χ4v) is 7.22. The molecule has 0 radical (unpaired) electrons. The first kappa shape index (κ1) is 15.6. The SMILES string of the molecule is CCC1=C2c3cccc4cccc(c34)C23C2C=CCC(C=C2)C3(CC)C1=O. The standard InChI is InChI=1S/C26H24O/c1-3-19-23-20-12-5-8-16-9-6-13-21(22(16)20)26(23)18-11-7-10-17(14-15-18)25(26,4-2)24(19)27/h5-9,11-15,17-18H,3-4,10H2,1-2H3. The molecule has 2 bridgehead atoms. The number of hydrogen-bond acceptors (Lipinski definition) is 1. The quantitative estimate of drug-likeness (QED) is 0.606. The third-order valence-corrected chi connectivity index (χ3v) is 8.01. The van der Waals surface area contributed by atoms with Gasteiger partial charge in [-0.2, -0.15) is 0 Å².